The van der Waals surface area contributed by atoms with E-state index in [1.165, 1.54) is 18.2 Å². The van der Waals surface area contributed by atoms with Crippen LogP contribution < -0.4 is 5.32 Å². The van der Waals surface area contributed by atoms with E-state index in [0.29, 0.717) is 5.69 Å². The van der Waals surface area contributed by atoms with Gasteiger partial charge in [-0.3, -0.25) is 10.1 Å². The minimum Gasteiger partial charge on any atom is -0.477 e. The second kappa shape index (κ2) is 6.04. The molecule has 2 aromatic carbocycles. The molecule has 2 aromatic rings. The molecule has 0 bridgehead atoms. The Morgan fingerprint density at radius 3 is 2.62 bits per heavy atom. The van der Waals surface area contributed by atoms with Crippen LogP contribution in [0.15, 0.2) is 42.5 Å². The first-order valence-corrected chi connectivity index (χ1v) is 6.39. The van der Waals surface area contributed by atoms with Gasteiger partial charge in [0.25, 0.3) is 0 Å². The van der Waals surface area contributed by atoms with E-state index in [4.69, 9.17) is 5.11 Å². The predicted octanol–water partition coefficient (Wildman–Crippen LogP) is 3.60. The smallest absolute Gasteiger partial charge is 0.342 e. The number of aromatic carboxylic acids is 1. The molecule has 6 heteroatoms. The molecule has 0 aliphatic heterocycles. The summed E-state index contributed by atoms with van der Waals surface area (Å²) in [4.78, 5) is 21.6. The molecule has 0 heterocycles. The Morgan fingerprint density at radius 1 is 1.29 bits per heavy atom. The van der Waals surface area contributed by atoms with Gasteiger partial charge in [-0.15, -0.1) is 0 Å². The third-order valence-corrected chi connectivity index (χ3v) is 3.06. The fraction of sp³-hybridized carbons (Fsp3) is 0.133. The van der Waals surface area contributed by atoms with Crippen LogP contribution in [0.3, 0.4) is 0 Å². The number of carboxylic acids is 1. The highest BCUT2D eigenvalue weighted by molar-refractivity contribution is 5.96. The molecule has 0 aromatic heterocycles. The highest BCUT2D eigenvalue weighted by Crippen LogP contribution is 2.31. The Kier molecular flexibility index (Phi) is 4.18. The van der Waals surface area contributed by atoms with Gasteiger partial charge in [0.05, 0.1) is 4.92 Å². The first-order chi connectivity index (χ1) is 10.0. The van der Waals surface area contributed by atoms with Crippen molar-refractivity contribution in [3.63, 3.8) is 0 Å². The number of hydrogen-bond acceptors (Lipinski definition) is 4. The minimum absolute atomic E-state index is 0.160. The van der Waals surface area contributed by atoms with Crippen molar-refractivity contribution < 1.29 is 14.8 Å². The highest BCUT2D eigenvalue weighted by atomic mass is 16.6. The molecule has 0 aliphatic rings. The van der Waals surface area contributed by atoms with Crippen molar-refractivity contribution in [2.75, 3.05) is 5.32 Å². The summed E-state index contributed by atoms with van der Waals surface area (Å²) in [7, 11) is 0. The van der Waals surface area contributed by atoms with Gasteiger partial charge in [0, 0.05) is 5.69 Å². The molecule has 0 amide bonds. The maximum Gasteiger partial charge on any atom is 0.342 e. The van der Waals surface area contributed by atoms with E-state index >= 15 is 0 Å². The normalized spacial score (nSPS) is 10.1. The fourth-order valence-corrected chi connectivity index (χ4v) is 2.04. The number of nitro benzene ring substituents is 1. The highest BCUT2D eigenvalue weighted by Gasteiger charge is 2.24. The summed E-state index contributed by atoms with van der Waals surface area (Å²) in [5.74, 6) is -1.33. The maximum atomic E-state index is 11.2. The molecular weight excluding hydrogens is 272 g/mol. The van der Waals surface area contributed by atoms with Gasteiger partial charge in [0.15, 0.2) is 0 Å². The van der Waals surface area contributed by atoms with Crippen LogP contribution in [-0.2, 0) is 6.42 Å². The average Bonchev–Trinajstić information content (AvgIpc) is 2.46. The summed E-state index contributed by atoms with van der Waals surface area (Å²) in [6, 6.07) is 11.6. The van der Waals surface area contributed by atoms with Gasteiger partial charge in [-0.2, -0.15) is 0 Å². The van der Waals surface area contributed by atoms with Crippen molar-refractivity contribution in [2.24, 2.45) is 0 Å². The van der Waals surface area contributed by atoms with Crippen LogP contribution in [0.5, 0.6) is 0 Å². The molecule has 2 N–H and O–H groups in total. The number of nitro groups is 1. The van der Waals surface area contributed by atoms with Crippen molar-refractivity contribution >= 4 is 23.0 Å². The topological polar surface area (TPSA) is 92.5 Å². The van der Waals surface area contributed by atoms with Gasteiger partial charge < -0.3 is 10.4 Å². The van der Waals surface area contributed by atoms with Gasteiger partial charge in [-0.25, -0.2) is 4.79 Å². The van der Waals surface area contributed by atoms with Crippen LogP contribution >= 0.6 is 0 Å². The summed E-state index contributed by atoms with van der Waals surface area (Å²) in [6.07, 6.45) is 0.840. The number of aryl methyl sites for hydroxylation is 1. The second-order valence-electron chi connectivity index (χ2n) is 4.44. The first-order valence-electron chi connectivity index (χ1n) is 6.39. The minimum atomic E-state index is -1.33. The predicted molar refractivity (Wildman–Crippen MR) is 79.2 cm³/mol. The molecule has 21 heavy (non-hydrogen) atoms. The van der Waals surface area contributed by atoms with Crippen molar-refractivity contribution in [3.8, 4) is 0 Å². The van der Waals surface area contributed by atoms with Crippen LogP contribution in [0.4, 0.5) is 17.1 Å². The van der Waals surface area contributed by atoms with E-state index in [1.807, 2.05) is 25.1 Å². The Bertz CT molecular complexity index is 698. The average molecular weight is 286 g/mol. The molecule has 0 aliphatic carbocycles. The van der Waals surface area contributed by atoms with Crippen LogP contribution in [0.25, 0.3) is 0 Å². The number of para-hydroxylation sites is 1. The Balaban J connectivity index is 2.46. The number of anilines is 2. The Morgan fingerprint density at radius 2 is 2.00 bits per heavy atom. The quantitative estimate of drug-likeness (QED) is 0.647. The third kappa shape index (κ3) is 3.17. The SMILES string of the molecule is CCc1cccc(Nc2cccc(C(=O)O)c2[N+](=O)[O-])c1. The van der Waals surface area contributed by atoms with E-state index in [9.17, 15) is 14.9 Å². The zero-order valence-electron chi connectivity index (χ0n) is 11.4. The summed E-state index contributed by atoms with van der Waals surface area (Å²) >= 11 is 0. The lowest BCUT2D eigenvalue weighted by atomic mass is 10.1. The number of benzene rings is 2. The van der Waals surface area contributed by atoms with Crippen LogP contribution in [-0.4, -0.2) is 16.0 Å². The largest absolute Gasteiger partial charge is 0.477 e. The van der Waals surface area contributed by atoms with E-state index in [0.717, 1.165) is 12.0 Å². The molecule has 0 atom stereocenters. The van der Waals surface area contributed by atoms with Crippen LogP contribution in [0.1, 0.15) is 22.8 Å². The molecule has 0 saturated heterocycles. The number of carboxylic acid groups (broad SMARTS) is 1. The maximum absolute atomic E-state index is 11.2. The lowest BCUT2D eigenvalue weighted by Crippen LogP contribution is -2.05. The van der Waals surface area contributed by atoms with E-state index in [1.54, 1.807) is 6.07 Å². The Labute approximate surface area is 121 Å². The summed E-state index contributed by atoms with van der Waals surface area (Å²) < 4.78 is 0. The van der Waals surface area contributed by atoms with Gasteiger partial charge in [-0.1, -0.05) is 25.1 Å². The Hall–Kier alpha value is -2.89. The van der Waals surface area contributed by atoms with Gasteiger partial charge >= 0.3 is 11.7 Å². The fourth-order valence-electron chi connectivity index (χ4n) is 2.04. The van der Waals surface area contributed by atoms with Crippen LogP contribution in [0, 0.1) is 10.1 Å². The molecule has 108 valence electrons. The number of nitrogens with one attached hydrogen (secondary N) is 1. The summed E-state index contributed by atoms with van der Waals surface area (Å²) in [5.41, 5.74) is 1.15. The molecular formula is C15H14N2O4. The van der Waals surface area contributed by atoms with Gasteiger partial charge in [0.1, 0.15) is 11.3 Å². The molecule has 0 fully saturated rings. The molecule has 6 nitrogen and oxygen atoms in total. The second-order valence-corrected chi connectivity index (χ2v) is 4.44. The monoisotopic (exact) mass is 286 g/mol. The zero-order chi connectivity index (χ0) is 15.4. The molecule has 0 saturated carbocycles. The van der Waals surface area contributed by atoms with Crippen LogP contribution in [0.2, 0.25) is 0 Å². The summed E-state index contributed by atoms with van der Waals surface area (Å²) in [6.45, 7) is 2.01. The van der Waals surface area contributed by atoms with Crippen molar-refractivity contribution in [1.82, 2.24) is 0 Å². The number of rotatable bonds is 5. The van der Waals surface area contributed by atoms with Crippen molar-refractivity contribution in [3.05, 3.63) is 63.7 Å². The zero-order valence-corrected chi connectivity index (χ0v) is 11.4. The number of hydrogen-bond donors (Lipinski definition) is 2. The van der Waals surface area contributed by atoms with E-state index < -0.39 is 16.6 Å². The van der Waals surface area contributed by atoms with Gasteiger partial charge in [0.2, 0.25) is 0 Å². The van der Waals surface area contributed by atoms with Crippen molar-refractivity contribution in [1.29, 1.82) is 0 Å². The number of nitrogens with zero attached hydrogens (tertiary/aromatic N) is 1. The number of carbonyl (C=O) groups is 1. The lowest BCUT2D eigenvalue weighted by molar-refractivity contribution is -0.384. The molecule has 0 unspecified atom stereocenters. The van der Waals surface area contributed by atoms with Gasteiger partial charge in [-0.05, 0) is 36.2 Å². The molecule has 2 rings (SSSR count). The van der Waals surface area contributed by atoms with Crippen molar-refractivity contribution in [2.45, 2.75) is 13.3 Å². The summed E-state index contributed by atoms with van der Waals surface area (Å²) in [5, 5.41) is 23.1. The molecule has 0 spiro atoms. The third-order valence-electron chi connectivity index (χ3n) is 3.06. The standard InChI is InChI=1S/C15H14N2O4/c1-2-10-5-3-6-11(9-10)16-13-8-4-7-12(15(18)19)14(13)17(20)21/h3-9,16H,2H2,1H3,(H,18,19). The lowest BCUT2D eigenvalue weighted by Gasteiger charge is -2.09. The van der Waals surface area contributed by atoms with E-state index in [-0.39, 0.29) is 11.3 Å². The first kappa shape index (κ1) is 14.5. The van der Waals surface area contributed by atoms with E-state index in [2.05, 4.69) is 5.32 Å². The molecule has 0 radical (unpaired) electrons.